The van der Waals surface area contributed by atoms with Crippen LogP contribution in [-0.4, -0.2) is 12.6 Å². The van der Waals surface area contributed by atoms with Crippen LogP contribution in [0.15, 0.2) is 53.1 Å². The zero-order valence-electron chi connectivity index (χ0n) is 13.5. The number of hydrogen-bond acceptors (Lipinski definition) is 5. The molecule has 0 aromatic heterocycles. The summed E-state index contributed by atoms with van der Waals surface area (Å²) in [4.78, 5) is 12.5. The normalized spacial score (nSPS) is 17.8. The number of carbonyl (C=O) groups excluding carboxylic acids is 1. The Morgan fingerprint density at radius 2 is 2.04 bits per heavy atom. The van der Waals surface area contributed by atoms with Crippen LogP contribution >= 0.6 is 0 Å². The second-order valence-electron chi connectivity index (χ2n) is 5.80. The molecule has 0 saturated heterocycles. The summed E-state index contributed by atoms with van der Waals surface area (Å²) in [6.45, 7) is 5.87. The number of hydrogen-bond donors (Lipinski definition) is 1. The second kappa shape index (κ2) is 7.01. The summed E-state index contributed by atoms with van der Waals surface area (Å²) in [6, 6.07) is 11.3. The van der Waals surface area contributed by atoms with E-state index in [1.54, 1.807) is 6.92 Å². The molecule has 120 valence electrons. The van der Waals surface area contributed by atoms with Crippen molar-refractivity contribution in [2.45, 2.75) is 26.7 Å². The lowest BCUT2D eigenvalue weighted by Crippen LogP contribution is -2.26. The van der Waals surface area contributed by atoms with Gasteiger partial charge in [-0.25, -0.2) is 4.79 Å². The predicted octanol–water partition coefficient (Wildman–Crippen LogP) is 2.97. The van der Waals surface area contributed by atoms with Gasteiger partial charge in [-0.2, -0.15) is 5.26 Å². The molecule has 0 fully saturated rings. The summed E-state index contributed by atoms with van der Waals surface area (Å²) >= 11 is 0. The van der Waals surface area contributed by atoms with Crippen molar-refractivity contribution >= 4 is 5.97 Å². The molecule has 0 unspecified atom stereocenters. The Kier molecular flexibility index (Phi) is 5.07. The Labute approximate surface area is 136 Å². The molecule has 23 heavy (non-hydrogen) atoms. The molecule has 1 atom stereocenters. The Bertz CT molecular complexity index is 697. The van der Waals surface area contributed by atoms with Gasteiger partial charge < -0.3 is 15.2 Å². The van der Waals surface area contributed by atoms with Crippen molar-refractivity contribution in [2.75, 3.05) is 6.61 Å². The van der Waals surface area contributed by atoms with Crippen LogP contribution in [0.25, 0.3) is 0 Å². The molecule has 0 saturated carbocycles. The number of allylic oxidation sites excluding steroid dienone is 2. The highest BCUT2D eigenvalue weighted by atomic mass is 16.5. The van der Waals surface area contributed by atoms with Crippen LogP contribution < -0.4 is 5.73 Å². The van der Waals surface area contributed by atoms with E-state index >= 15 is 0 Å². The maximum absolute atomic E-state index is 12.5. The lowest BCUT2D eigenvalue weighted by molar-refractivity contribution is -0.140. The molecule has 1 aromatic carbocycles. The van der Waals surface area contributed by atoms with Gasteiger partial charge in [0.25, 0.3) is 0 Å². The molecule has 5 heteroatoms. The van der Waals surface area contributed by atoms with E-state index < -0.39 is 11.9 Å². The Hall–Kier alpha value is -2.74. The molecule has 0 spiro atoms. The molecule has 2 N–H and O–H groups in total. The molecule has 1 aliphatic rings. The van der Waals surface area contributed by atoms with Gasteiger partial charge in [-0.15, -0.1) is 0 Å². The summed E-state index contributed by atoms with van der Waals surface area (Å²) in [5, 5.41) is 9.45. The molecule has 1 aromatic rings. The highest BCUT2D eigenvalue weighted by Crippen LogP contribution is 2.39. The molecular formula is C18H20N2O3. The third-order valence-electron chi connectivity index (χ3n) is 3.51. The number of esters is 1. The average Bonchev–Trinajstić information content (AvgIpc) is 2.52. The van der Waals surface area contributed by atoms with Gasteiger partial charge in [0.15, 0.2) is 0 Å². The fourth-order valence-electron chi connectivity index (χ4n) is 2.44. The number of ether oxygens (including phenoxy) is 2. The van der Waals surface area contributed by atoms with Crippen LogP contribution in [0.2, 0.25) is 0 Å². The van der Waals surface area contributed by atoms with E-state index in [2.05, 4.69) is 6.07 Å². The smallest absolute Gasteiger partial charge is 0.338 e. The Morgan fingerprint density at radius 1 is 1.39 bits per heavy atom. The van der Waals surface area contributed by atoms with Gasteiger partial charge in [-0.05, 0) is 18.4 Å². The van der Waals surface area contributed by atoms with Crippen molar-refractivity contribution in [2.24, 2.45) is 11.7 Å². The largest absolute Gasteiger partial charge is 0.462 e. The van der Waals surface area contributed by atoms with Crippen molar-refractivity contribution in [1.82, 2.24) is 0 Å². The van der Waals surface area contributed by atoms with Gasteiger partial charge in [0.2, 0.25) is 5.88 Å². The zero-order valence-corrected chi connectivity index (χ0v) is 13.5. The van der Waals surface area contributed by atoms with Gasteiger partial charge >= 0.3 is 5.97 Å². The van der Waals surface area contributed by atoms with Gasteiger partial charge in [-0.1, -0.05) is 44.2 Å². The Balaban J connectivity index is 2.47. The summed E-state index contributed by atoms with van der Waals surface area (Å²) < 4.78 is 10.7. The second-order valence-corrected chi connectivity index (χ2v) is 5.80. The van der Waals surface area contributed by atoms with E-state index in [4.69, 9.17) is 15.2 Å². The van der Waals surface area contributed by atoms with E-state index in [1.807, 2.05) is 44.2 Å². The lowest BCUT2D eigenvalue weighted by atomic mass is 9.83. The zero-order chi connectivity index (χ0) is 17.0. The van der Waals surface area contributed by atoms with Crippen molar-refractivity contribution in [3.63, 3.8) is 0 Å². The highest BCUT2D eigenvalue weighted by Gasteiger charge is 2.36. The number of nitriles is 1. The topological polar surface area (TPSA) is 85.3 Å². The summed E-state index contributed by atoms with van der Waals surface area (Å²) in [6.07, 6.45) is 0. The quantitative estimate of drug-likeness (QED) is 0.864. The first-order valence-electron chi connectivity index (χ1n) is 7.46. The number of carbonyl (C=O) groups is 1. The summed E-state index contributed by atoms with van der Waals surface area (Å²) in [5.74, 6) is -0.445. The standard InChI is InChI=1S/C18H20N2O3/c1-11(2)10-22-18(21)15-12(3)23-17(20)14(9-19)16(15)13-7-5-4-6-8-13/h4-8,11,16H,10,20H2,1-3H3/t16-/m0/s1. The van der Waals surface area contributed by atoms with Crippen molar-refractivity contribution in [1.29, 1.82) is 5.26 Å². The minimum atomic E-state index is -0.574. The first-order chi connectivity index (χ1) is 11.0. The Morgan fingerprint density at radius 3 is 2.61 bits per heavy atom. The first-order valence-corrected chi connectivity index (χ1v) is 7.46. The van der Waals surface area contributed by atoms with Crippen LogP contribution in [0.4, 0.5) is 0 Å². The third-order valence-corrected chi connectivity index (χ3v) is 3.51. The molecule has 0 amide bonds. The van der Waals surface area contributed by atoms with Gasteiger partial charge in [0.1, 0.15) is 17.4 Å². The van der Waals surface area contributed by atoms with Crippen LogP contribution in [0, 0.1) is 17.2 Å². The first kappa shape index (κ1) is 16.6. The molecule has 0 aliphatic carbocycles. The number of rotatable bonds is 4. The van der Waals surface area contributed by atoms with Crippen LogP contribution in [0.5, 0.6) is 0 Å². The van der Waals surface area contributed by atoms with Crippen molar-refractivity contribution < 1.29 is 14.3 Å². The number of nitrogens with zero attached hydrogens (tertiary/aromatic N) is 1. The number of nitrogens with two attached hydrogens (primary N) is 1. The van der Waals surface area contributed by atoms with Crippen molar-refractivity contribution in [3.05, 3.63) is 58.7 Å². The van der Waals surface area contributed by atoms with E-state index in [0.717, 1.165) is 5.56 Å². The SMILES string of the molecule is CC1=C(C(=O)OCC(C)C)[C@@H](c2ccccc2)C(C#N)=C(N)O1. The van der Waals surface area contributed by atoms with Gasteiger partial charge in [-0.3, -0.25) is 0 Å². The van der Waals surface area contributed by atoms with E-state index in [0.29, 0.717) is 17.9 Å². The van der Waals surface area contributed by atoms with E-state index in [1.165, 1.54) is 0 Å². The van der Waals surface area contributed by atoms with Gasteiger partial charge in [0.05, 0.1) is 18.1 Å². The van der Waals surface area contributed by atoms with Crippen molar-refractivity contribution in [3.8, 4) is 6.07 Å². The molecule has 1 aliphatic heterocycles. The predicted molar refractivity (Wildman–Crippen MR) is 85.6 cm³/mol. The minimum Gasteiger partial charge on any atom is -0.462 e. The average molecular weight is 312 g/mol. The number of benzene rings is 1. The fraction of sp³-hybridized carbons (Fsp3) is 0.333. The lowest BCUT2D eigenvalue weighted by Gasteiger charge is -2.27. The maximum Gasteiger partial charge on any atom is 0.338 e. The molecule has 0 bridgehead atoms. The summed E-state index contributed by atoms with van der Waals surface area (Å²) in [7, 11) is 0. The molecule has 0 radical (unpaired) electrons. The minimum absolute atomic E-state index is 0.0271. The van der Waals surface area contributed by atoms with Crippen LogP contribution in [0.3, 0.4) is 0 Å². The maximum atomic E-state index is 12.5. The van der Waals surface area contributed by atoms with E-state index in [-0.39, 0.29) is 17.4 Å². The summed E-state index contributed by atoms with van der Waals surface area (Å²) in [5.41, 5.74) is 7.18. The third kappa shape index (κ3) is 3.54. The molecule has 1 heterocycles. The highest BCUT2D eigenvalue weighted by molar-refractivity contribution is 5.92. The molecular weight excluding hydrogens is 292 g/mol. The van der Waals surface area contributed by atoms with Crippen LogP contribution in [0.1, 0.15) is 32.3 Å². The molecule has 2 rings (SSSR count). The van der Waals surface area contributed by atoms with Crippen LogP contribution in [-0.2, 0) is 14.3 Å². The fourth-order valence-corrected chi connectivity index (χ4v) is 2.44. The van der Waals surface area contributed by atoms with E-state index in [9.17, 15) is 10.1 Å². The molecule has 5 nitrogen and oxygen atoms in total. The monoisotopic (exact) mass is 312 g/mol. The van der Waals surface area contributed by atoms with Gasteiger partial charge in [0, 0.05) is 0 Å².